The van der Waals surface area contributed by atoms with Crippen molar-refractivity contribution < 1.29 is 27.5 Å². The van der Waals surface area contributed by atoms with Gasteiger partial charge in [0.2, 0.25) is 0 Å². The van der Waals surface area contributed by atoms with Gasteiger partial charge in [-0.25, -0.2) is 9.18 Å². The molecule has 132 valence electrons. The first-order valence-corrected chi connectivity index (χ1v) is 7.58. The second kappa shape index (κ2) is 6.63. The van der Waals surface area contributed by atoms with Crippen molar-refractivity contribution in [3.8, 4) is 22.3 Å². The van der Waals surface area contributed by atoms with Gasteiger partial charge in [-0.3, -0.25) is 0 Å². The first kappa shape index (κ1) is 17.7. The molecule has 26 heavy (non-hydrogen) atoms. The molecule has 0 aliphatic carbocycles. The molecule has 1 N–H and O–H groups in total. The van der Waals surface area contributed by atoms with E-state index in [1.54, 1.807) is 0 Å². The summed E-state index contributed by atoms with van der Waals surface area (Å²) in [4.78, 5) is 11.5. The zero-order valence-corrected chi connectivity index (χ0v) is 13.2. The van der Waals surface area contributed by atoms with E-state index in [2.05, 4.69) is 0 Å². The van der Waals surface area contributed by atoms with Crippen LogP contribution in [0.4, 0.5) is 17.6 Å². The van der Waals surface area contributed by atoms with E-state index in [9.17, 15) is 27.5 Å². The average molecular weight is 360 g/mol. The largest absolute Gasteiger partial charge is 0.478 e. The Bertz CT molecular complexity index is 978. The molecule has 0 spiro atoms. The Morgan fingerprint density at radius 2 is 1.50 bits per heavy atom. The van der Waals surface area contributed by atoms with Crippen LogP contribution < -0.4 is 0 Å². The van der Waals surface area contributed by atoms with E-state index < -0.39 is 23.5 Å². The topological polar surface area (TPSA) is 37.3 Å². The molecule has 0 aliphatic heterocycles. The fraction of sp³-hybridized carbons (Fsp3) is 0.0500. The fourth-order valence-corrected chi connectivity index (χ4v) is 2.86. The summed E-state index contributed by atoms with van der Waals surface area (Å²) in [5.41, 5.74) is -1.27. The molecule has 3 aromatic carbocycles. The molecule has 0 fully saturated rings. The van der Waals surface area contributed by atoms with E-state index in [0.29, 0.717) is 0 Å². The molecule has 3 rings (SSSR count). The summed E-state index contributed by atoms with van der Waals surface area (Å²) in [6.07, 6.45) is -4.70. The minimum Gasteiger partial charge on any atom is -0.478 e. The maximum absolute atomic E-state index is 13.6. The van der Waals surface area contributed by atoms with Gasteiger partial charge < -0.3 is 5.11 Å². The molecule has 0 saturated heterocycles. The van der Waals surface area contributed by atoms with Gasteiger partial charge in [-0.2, -0.15) is 13.2 Å². The molecule has 3 aromatic rings. The van der Waals surface area contributed by atoms with Crippen LogP contribution in [0.5, 0.6) is 0 Å². The van der Waals surface area contributed by atoms with Crippen molar-refractivity contribution in [2.24, 2.45) is 0 Å². The van der Waals surface area contributed by atoms with Crippen LogP contribution in [-0.4, -0.2) is 11.1 Å². The normalized spacial score (nSPS) is 11.4. The number of rotatable bonds is 3. The van der Waals surface area contributed by atoms with E-state index in [1.165, 1.54) is 54.6 Å². The SMILES string of the molecule is O=C(O)c1ccccc1-c1c(-c2cccc(F)c2)cccc1C(F)(F)F. The van der Waals surface area contributed by atoms with Crippen molar-refractivity contribution in [2.75, 3.05) is 0 Å². The maximum Gasteiger partial charge on any atom is 0.417 e. The highest BCUT2D eigenvalue weighted by molar-refractivity contribution is 5.99. The van der Waals surface area contributed by atoms with Crippen LogP contribution in [0.2, 0.25) is 0 Å². The van der Waals surface area contributed by atoms with Gasteiger partial charge >= 0.3 is 12.1 Å². The highest BCUT2D eigenvalue weighted by Gasteiger charge is 2.35. The number of carboxylic acids is 1. The molecule has 0 heterocycles. The van der Waals surface area contributed by atoms with Crippen LogP contribution in [-0.2, 0) is 6.18 Å². The molecular formula is C20H12F4O2. The lowest BCUT2D eigenvalue weighted by atomic mass is 9.88. The van der Waals surface area contributed by atoms with Gasteiger partial charge in [0.1, 0.15) is 5.82 Å². The van der Waals surface area contributed by atoms with Gasteiger partial charge in [0.05, 0.1) is 11.1 Å². The quantitative estimate of drug-likeness (QED) is 0.593. The first-order valence-electron chi connectivity index (χ1n) is 7.58. The Kier molecular flexibility index (Phi) is 4.50. The lowest BCUT2D eigenvalue weighted by Crippen LogP contribution is -2.10. The number of halogens is 4. The molecule has 0 aliphatic rings. The van der Waals surface area contributed by atoms with Gasteiger partial charge in [-0.15, -0.1) is 0 Å². The van der Waals surface area contributed by atoms with E-state index >= 15 is 0 Å². The summed E-state index contributed by atoms with van der Waals surface area (Å²) in [6, 6.07) is 14.1. The third kappa shape index (κ3) is 3.31. The van der Waals surface area contributed by atoms with Crippen LogP contribution in [0, 0.1) is 5.82 Å². The average Bonchev–Trinajstić information content (AvgIpc) is 2.60. The summed E-state index contributed by atoms with van der Waals surface area (Å²) in [6.45, 7) is 0. The van der Waals surface area contributed by atoms with Crippen molar-refractivity contribution in [1.29, 1.82) is 0 Å². The molecule has 0 atom stereocenters. The summed E-state index contributed by atoms with van der Waals surface area (Å²) >= 11 is 0. The van der Waals surface area contributed by atoms with Crippen molar-refractivity contribution >= 4 is 5.97 Å². The minimum atomic E-state index is -4.70. The van der Waals surface area contributed by atoms with Crippen LogP contribution >= 0.6 is 0 Å². The summed E-state index contributed by atoms with van der Waals surface area (Å²) in [7, 11) is 0. The smallest absolute Gasteiger partial charge is 0.417 e. The summed E-state index contributed by atoms with van der Waals surface area (Å²) in [5.74, 6) is -1.94. The number of hydrogen-bond acceptors (Lipinski definition) is 1. The first-order chi connectivity index (χ1) is 12.3. The number of carboxylic acid groups (broad SMARTS) is 1. The lowest BCUT2D eigenvalue weighted by Gasteiger charge is -2.19. The number of alkyl halides is 3. The highest BCUT2D eigenvalue weighted by Crippen LogP contribution is 2.43. The number of aromatic carboxylic acids is 1. The monoisotopic (exact) mass is 360 g/mol. The number of benzene rings is 3. The van der Waals surface area contributed by atoms with Gasteiger partial charge in [-0.05, 0) is 41.0 Å². The predicted octanol–water partition coefficient (Wildman–Crippen LogP) is 5.88. The highest BCUT2D eigenvalue weighted by atomic mass is 19.4. The summed E-state index contributed by atoms with van der Waals surface area (Å²) < 4.78 is 54.5. The second-order valence-electron chi connectivity index (χ2n) is 5.59. The van der Waals surface area contributed by atoms with Gasteiger partial charge in [0.25, 0.3) is 0 Å². The molecule has 0 unspecified atom stereocenters. The van der Waals surface area contributed by atoms with Crippen molar-refractivity contribution in [1.82, 2.24) is 0 Å². The Balaban J connectivity index is 2.41. The van der Waals surface area contributed by atoms with Crippen molar-refractivity contribution in [3.05, 3.63) is 83.7 Å². The Morgan fingerprint density at radius 1 is 0.846 bits per heavy atom. The Labute approximate surface area is 146 Å². The lowest BCUT2D eigenvalue weighted by molar-refractivity contribution is -0.137. The third-order valence-corrected chi connectivity index (χ3v) is 3.93. The van der Waals surface area contributed by atoms with Crippen LogP contribution in [0.25, 0.3) is 22.3 Å². The van der Waals surface area contributed by atoms with E-state index in [4.69, 9.17) is 0 Å². The molecule has 0 saturated carbocycles. The minimum absolute atomic E-state index is 0.0767. The Morgan fingerprint density at radius 3 is 2.15 bits per heavy atom. The molecule has 0 bridgehead atoms. The number of hydrogen-bond donors (Lipinski definition) is 1. The molecular weight excluding hydrogens is 348 g/mol. The predicted molar refractivity (Wildman–Crippen MR) is 89.2 cm³/mol. The Hall–Kier alpha value is -3.15. The zero-order chi connectivity index (χ0) is 18.9. The van der Waals surface area contributed by atoms with Crippen LogP contribution in [0.15, 0.2) is 66.7 Å². The molecule has 0 aromatic heterocycles. The second-order valence-corrected chi connectivity index (χ2v) is 5.59. The van der Waals surface area contributed by atoms with Gasteiger partial charge in [0, 0.05) is 5.56 Å². The van der Waals surface area contributed by atoms with E-state index in [0.717, 1.165) is 12.1 Å². The van der Waals surface area contributed by atoms with Crippen molar-refractivity contribution in [3.63, 3.8) is 0 Å². The molecule has 6 heteroatoms. The van der Waals surface area contributed by atoms with Gasteiger partial charge in [0.15, 0.2) is 0 Å². The van der Waals surface area contributed by atoms with E-state index in [-0.39, 0.29) is 27.8 Å². The molecule has 2 nitrogen and oxygen atoms in total. The van der Waals surface area contributed by atoms with Gasteiger partial charge in [-0.1, -0.05) is 42.5 Å². The number of carbonyl (C=O) groups is 1. The molecule has 0 amide bonds. The standard InChI is InChI=1S/C20H12F4O2/c21-13-6-3-5-12(11-13)14-9-4-10-17(20(22,23)24)18(14)15-7-1-2-8-16(15)19(25)26/h1-11H,(H,25,26). The third-order valence-electron chi connectivity index (χ3n) is 3.93. The van der Waals surface area contributed by atoms with E-state index in [1.807, 2.05) is 0 Å². The van der Waals surface area contributed by atoms with Crippen LogP contribution in [0.3, 0.4) is 0 Å². The van der Waals surface area contributed by atoms with Crippen LogP contribution in [0.1, 0.15) is 15.9 Å². The maximum atomic E-state index is 13.6. The summed E-state index contributed by atoms with van der Waals surface area (Å²) in [5, 5.41) is 9.38. The zero-order valence-electron chi connectivity index (χ0n) is 13.2. The molecule has 0 radical (unpaired) electrons. The fourth-order valence-electron chi connectivity index (χ4n) is 2.86. The van der Waals surface area contributed by atoms with Crippen molar-refractivity contribution in [2.45, 2.75) is 6.18 Å².